The lowest BCUT2D eigenvalue weighted by molar-refractivity contribution is -0.149. The quantitative estimate of drug-likeness (QED) is 0.690. The topological polar surface area (TPSA) is 26.3 Å². The highest BCUT2D eigenvalue weighted by Gasteiger charge is 2.11. The van der Waals surface area contributed by atoms with Crippen LogP contribution >= 0.6 is 0 Å². The molecule has 1 aromatic rings. The normalized spacial score (nSPS) is 16.2. The van der Waals surface area contributed by atoms with Crippen molar-refractivity contribution >= 4 is 5.97 Å². The van der Waals surface area contributed by atoms with Gasteiger partial charge in [-0.25, -0.2) is 0 Å². The zero-order chi connectivity index (χ0) is 12.9. The predicted octanol–water partition coefficient (Wildman–Crippen LogP) is 2.78. The van der Waals surface area contributed by atoms with Crippen molar-refractivity contribution in [3.63, 3.8) is 0 Å². The van der Waals surface area contributed by atoms with Crippen molar-refractivity contribution in [3.8, 4) is 0 Å². The Labute approximate surface area is 89.1 Å². The molecule has 0 heterocycles. The number of hydrogen-bond acceptors (Lipinski definition) is 2. The van der Waals surface area contributed by atoms with Gasteiger partial charge in [0, 0.05) is 4.11 Å². The number of benzene rings is 1. The molecule has 0 fully saturated rings. The summed E-state index contributed by atoms with van der Waals surface area (Å²) in [5.74, 6) is -1.69. The van der Waals surface area contributed by atoms with Gasteiger partial charge >= 0.3 is 5.97 Å². The van der Waals surface area contributed by atoms with Crippen molar-refractivity contribution in [2.24, 2.45) is 5.92 Å². The zero-order valence-corrected chi connectivity index (χ0v) is 8.19. The molecule has 0 aliphatic rings. The molecule has 0 aliphatic carbocycles. The Morgan fingerprint density at radius 1 is 1.50 bits per heavy atom. The molecule has 76 valence electrons. The first-order valence-corrected chi connectivity index (χ1v) is 4.65. The summed E-state index contributed by atoms with van der Waals surface area (Å²) in [6, 6.07) is 9.18. The van der Waals surface area contributed by atoms with E-state index < -0.39 is 18.7 Å². The van der Waals surface area contributed by atoms with Crippen LogP contribution in [0.5, 0.6) is 0 Å². The van der Waals surface area contributed by atoms with Crippen molar-refractivity contribution in [3.05, 3.63) is 35.9 Å². The lowest BCUT2D eigenvalue weighted by atomic mass is 10.1. The average Bonchev–Trinajstić information content (AvgIpc) is 2.27. The minimum absolute atomic E-state index is 0.117. The summed E-state index contributed by atoms with van der Waals surface area (Å²) in [4.78, 5) is 11.6. The van der Waals surface area contributed by atoms with E-state index in [-0.39, 0.29) is 13.0 Å². The SMILES string of the molecule is [2H]C([2H])([2H])C(CC)C(=O)OCc1ccccc1. The predicted molar refractivity (Wildman–Crippen MR) is 55.7 cm³/mol. The Morgan fingerprint density at radius 3 is 2.79 bits per heavy atom. The highest BCUT2D eigenvalue weighted by atomic mass is 16.5. The molecule has 0 saturated heterocycles. The second-order valence-corrected chi connectivity index (χ2v) is 3.05. The van der Waals surface area contributed by atoms with E-state index >= 15 is 0 Å². The Morgan fingerprint density at radius 2 is 2.21 bits per heavy atom. The Hall–Kier alpha value is -1.31. The fourth-order valence-electron chi connectivity index (χ4n) is 0.996. The maximum absolute atomic E-state index is 11.6. The van der Waals surface area contributed by atoms with Gasteiger partial charge in [-0.2, -0.15) is 0 Å². The minimum atomic E-state index is -2.29. The smallest absolute Gasteiger partial charge is 0.308 e. The van der Waals surface area contributed by atoms with E-state index in [4.69, 9.17) is 8.85 Å². The summed E-state index contributed by atoms with van der Waals surface area (Å²) in [5, 5.41) is 0. The number of rotatable bonds is 4. The molecule has 1 unspecified atom stereocenters. The maximum atomic E-state index is 11.6. The van der Waals surface area contributed by atoms with E-state index in [9.17, 15) is 4.79 Å². The molecule has 0 spiro atoms. The summed E-state index contributed by atoms with van der Waals surface area (Å²) in [7, 11) is 0. The van der Waals surface area contributed by atoms with E-state index in [1.807, 2.05) is 30.3 Å². The van der Waals surface area contributed by atoms with Gasteiger partial charge < -0.3 is 4.74 Å². The van der Waals surface area contributed by atoms with Crippen LogP contribution in [0.2, 0.25) is 0 Å². The van der Waals surface area contributed by atoms with Gasteiger partial charge in [-0.15, -0.1) is 0 Å². The van der Waals surface area contributed by atoms with Crippen molar-refractivity contribution in [1.29, 1.82) is 0 Å². The third-order valence-electron chi connectivity index (χ3n) is 1.92. The molecule has 0 bridgehead atoms. The number of carbonyl (C=O) groups excluding carboxylic acids is 1. The average molecular weight is 195 g/mol. The van der Waals surface area contributed by atoms with Crippen LogP contribution in [0, 0.1) is 5.92 Å². The van der Waals surface area contributed by atoms with Gasteiger partial charge in [0.2, 0.25) is 0 Å². The van der Waals surface area contributed by atoms with Crippen LogP contribution in [-0.4, -0.2) is 5.97 Å². The molecule has 2 nitrogen and oxygen atoms in total. The summed E-state index contributed by atoms with van der Waals surface area (Å²) in [6.45, 7) is -0.504. The minimum Gasteiger partial charge on any atom is -0.461 e. The standard InChI is InChI=1S/C12H16O2/c1-3-10(2)12(13)14-9-11-7-5-4-6-8-11/h4-8,10H,3,9H2,1-2H3/i2D3. The van der Waals surface area contributed by atoms with Gasteiger partial charge in [-0.05, 0) is 12.0 Å². The molecule has 0 radical (unpaired) electrons. The van der Waals surface area contributed by atoms with Crippen LogP contribution in [0.25, 0.3) is 0 Å². The van der Waals surface area contributed by atoms with Crippen molar-refractivity contribution < 1.29 is 13.6 Å². The van der Waals surface area contributed by atoms with Gasteiger partial charge in [0.05, 0.1) is 5.92 Å². The summed E-state index contributed by atoms with van der Waals surface area (Å²) in [6.07, 6.45) is 0.254. The van der Waals surface area contributed by atoms with Crippen molar-refractivity contribution in [2.75, 3.05) is 0 Å². The van der Waals surface area contributed by atoms with Gasteiger partial charge in [-0.3, -0.25) is 4.79 Å². The number of ether oxygens (including phenoxy) is 1. The molecule has 0 aromatic heterocycles. The molecule has 0 N–H and O–H groups in total. The van der Waals surface area contributed by atoms with Crippen LogP contribution < -0.4 is 0 Å². The largest absolute Gasteiger partial charge is 0.461 e. The van der Waals surface area contributed by atoms with E-state index in [0.717, 1.165) is 5.56 Å². The van der Waals surface area contributed by atoms with Crippen molar-refractivity contribution in [1.82, 2.24) is 0 Å². The molecule has 2 heteroatoms. The first-order chi connectivity index (χ1) is 7.95. The third kappa shape index (κ3) is 3.21. The lowest BCUT2D eigenvalue weighted by Gasteiger charge is -2.08. The molecule has 1 atom stereocenters. The van der Waals surface area contributed by atoms with Crippen LogP contribution in [0.3, 0.4) is 0 Å². The van der Waals surface area contributed by atoms with E-state index in [1.54, 1.807) is 6.92 Å². The highest BCUT2D eigenvalue weighted by Crippen LogP contribution is 2.06. The first-order valence-electron chi connectivity index (χ1n) is 6.15. The second kappa shape index (κ2) is 5.43. The fraction of sp³-hybridized carbons (Fsp3) is 0.417. The summed E-state index contributed by atoms with van der Waals surface area (Å²) < 4.78 is 26.7. The van der Waals surface area contributed by atoms with Crippen LogP contribution in [-0.2, 0) is 16.1 Å². The van der Waals surface area contributed by atoms with Gasteiger partial charge in [0.25, 0.3) is 0 Å². The fourth-order valence-corrected chi connectivity index (χ4v) is 0.996. The lowest BCUT2D eigenvalue weighted by Crippen LogP contribution is -2.13. The zero-order valence-electron chi connectivity index (χ0n) is 11.2. The van der Waals surface area contributed by atoms with E-state index in [0.29, 0.717) is 0 Å². The van der Waals surface area contributed by atoms with Gasteiger partial charge in [0.15, 0.2) is 0 Å². The maximum Gasteiger partial charge on any atom is 0.308 e. The van der Waals surface area contributed by atoms with Gasteiger partial charge in [-0.1, -0.05) is 44.1 Å². The second-order valence-electron chi connectivity index (χ2n) is 3.05. The number of esters is 1. The molecule has 0 aliphatic heterocycles. The monoisotopic (exact) mass is 195 g/mol. The van der Waals surface area contributed by atoms with Crippen molar-refractivity contribution in [2.45, 2.75) is 26.8 Å². The molecule has 14 heavy (non-hydrogen) atoms. The Balaban J connectivity index is 2.55. The first kappa shape index (κ1) is 7.04. The van der Waals surface area contributed by atoms with Crippen LogP contribution in [0.15, 0.2) is 30.3 Å². The molecular weight excluding hydrogens is 176 g/mol. The van der Waals surface area contributed by atoms with E-state index in [1.165, 1.54) is 0 Å². The van der Waals surface area contributed by atoms with E-state index in [2.05, 4.69) is 0 Å². The highest BCUT2D eigenvalue weighted by molar-refractivity contribution is 5.71. The molecule has 0 saturated carbocycles. The Bertz CT molecular complexity index is 360. The van der Waals surface area contributed by atoms with Gasteiger partial charge in [0.1, 0.15) is 6.61 Å². The molecular formula is C12H16O2. The number of carbonyl (C=O) groups is 1. The third-order valence-corrected chi connectivity index (χ3v) is 1.92. The summed E-state index contributed by atoms with van der Waals surface area (Å²) in [5.41, 5.74) is 0.848. The molecule has 0 amide bonds. The van der Waals surface area contributed by atoms with Crippen LogP contribution in [0.1, 0.15) is 29.9 Å². The van der Waals surface area contributed by atoms with Crippen LogP contribution in [0.4, 0.5) is 0 Å². The number of hydrogen-bond donors (Lipinski definition) is 0. The Kier molecular flexibility index (Phi) is 2.73. The molecule has 1 rings (SSSR count). The summed E-state index contributed by atoms with van der Waals surface area (Å²) >= 11 is 0. The molecule has 1 aromatic carbocycles.